The largest absolute Gasteiger partial charge is 0.129 e. The average Bonchev–Trinajstić information content (AvgIpc) is 3.29. The van der Waals surface area contributed by atoms with Crippen LogP contribution in [0.2, 0.25) is 0 Å². The first kappa shape index (κ1) is 16.6. The minimum Gasteiger partial charge on any atom is -0.129 e. The lowest BCUT2D eigenvalue weighted by atomic mass is 9.64. The van der Waals surface area contributed by atoms with Gasteiger partial charge in [-0.25, -0.2) is 0 Å². The molecule has 0 N–H and O–H groups in total. The average molecular weight is 389 g/mol. The van der Waals surface area contributed by atoms with Gasteiger partial charge in [0.05, 0.1) is 0 Å². The molecule has 0 fully saturated rings. The molecule has 0 nitrogen and oxygen atoms in total. The van der Waals surface area contributed by atoms with Crippen LogP contribution < -0.4 is 0 Å². The van der Waals surface area contributed by atoms with Crippen LogP contribution in [-0.4, -0.2) is 11.0 Å². The van der Waals surface area contributed by atoms with E-state index in [4.69, 9.17) is 0 Å². The van der Waals surface area contributed by atoms with Gasteiger partial charge < -0.3 is 0 Å². The topological polar surface area (TPSA) is 0 Å². The summed E-state index contributed by atoms with van der Waals surface area (Å²) in [5, 5.41) is 0.745. The van der Waals surface area contributed by atoms with Crippen LogP contribution in [0.25, 0.3) is 0 Å². The Hall–Kier alpha value is -1.38. The summed E-state index contributed by atoms with van der Waals surface area (Å²) in [4.78, 5) is 3.33. The quantitative estimate of drug-likeness (QED) is 0.568. The van der Waals surface area contributed by atoms with E-state index in [-0.39, 0.29) is 0 Å². The molecule has 3 atom stereocenters. The second-order valence-electron chi connectivity index (χ2n) is 8.38. The van der Waals surface area contributed by atoms with Gasteiger partial charge in [-0.2, -0.15) is 0 Å². The van der Waals surface area contributed by atoms with Crippen molar-refractivity contribution in [1.29, 1.82) is 0 Å². The van der Waals surface area contributed by atoms with E-state index >= 15 is 0 Å². The predicted octanol–water partition coefficient (Wildman–Crippen LogP) is 6.79. The Morgan fingerprint density at radius 2 is 1.96 bits per heavy atom. The van der Waals surface area contributed by atoms with Crippen molar-refractivity contribution in [3.63, 3.8) is 0 Å². The summed E-state index contributed by atoms with van der Waals surface area (Å²) in [6, 6.07) is 14.0. The van der Waals surface area contributed by atoms with Gasteiger partial charge in [-0.05, 0) is 65.3 Å². The monoisotopic (exact) mass is 388 g/mol. The molecular formula is C25H24S2. The zero-order valence-electron chi connectivity index (χ0n) is 15.7. The fraction of sp³-hybridized carbons (Fsp3) is 0.360. The summed E-state index contributed by atoms with van der Waals surface area (Å²) in [7, 11) is 0. The summed E-state index contributed by atoms with van der Waals surface area (Å²) < 4.78 is 0. The molecule has 3 unspecified atom stereocenters. The Morgan fingerprint density at radius 1 is 1.07 bits per heavy atom. The number of benzene rings is 2. The third-order valence-electron chi connectivity index (χ3n) is 6.68. The van der Waals surface area contributed by atoms with E-state index in [2.05, 4.69) is 79.0 Å². The highest BCUT2D eigenvalue weighted by atomic mass is 32.2. The summed E-state index contributed by atoms with van der Waals surface area (Å²) in [6.07, 6.45) is 9.96. The van der Waals surface area contributed by atoms with Crippen molar-refractivity contribution in [2.24, 2.45) is 0 Å². The molecule has 0 radical (unpaired) electrons. The van der Waals surface area contributed by atoms with Crippen molar-refractivity contribution < 1.29 is 0 Å². The molecule has 0 bridgehead atoms. The molecular weight excluding hydrogens is 364 g/mol. The maximum Gasteiger partial charge on any atom is 0.0259 e. The molecule has 6 rings (SSSR count). The van der Waals surface area contributed by atoms with Gasteiger partial charge in [-0.1, -0.05) is 54.1 Å². The van der Waals surface area contributed by atoms with E-state index in [9.17, 15) is 0 Å². The van der Waals surface area contributed by atoms with Crippen molar-refractivity contribution >= 4 is 23.5 Å². The Morgan fingerprint density at radius 3 is 2.85 bits per heavy atom. The zero-order valence-corrected chi connectivity index (χ0v) is 17.3. The first-order chi connectivity index (χ1) is 13.3. The van der Waals surface area contributed by atoms with E-state index in [1.165, 1.54) is 42.6 Å². The highest BCUT2D eigenvalue weighted by Crippen LogP contribution is 2.62. The van der Waals surface area contributed by atoms with E-state index in [1.807, 2.05) is 0 Å². The fourth-order valence-corrected chi connectivity index (χ4v) is 8.08. The Kier molecular flexibility index (Phi) is 3.88. The summed E-state index contributed by atoms with van der Waals surface area (Å²) in [5.74, 6) is 2.63. The molecule has 2 aromatic rings. The van der Waals surface area contributed by atoms with Crippen LogP contribution in [0.1, 0.15) is 52.5 Å². The lowest BCUT2D eigenvalue weighted by Gasteiger charge is -2.42. The van der Waals surface area contributed by atoms with Crippen molar-refractivity contribution in [1.82, 2.24) is 0 Å². The Balaban J connectivity index is 1.22. The van der Waals surface area contributed by atoms with E-state index in [0.717, 1.165) is 5.25 Å². The molecule has 2 aliphatic carbocycles. The summed E-state index contributed by atoms with van der Waals surface area (Å²) >= 11 is 4.29. The van der Waals surface area contributed by atoms with Gasteiger partial charge in [0.15, 0.2) is 0 Å². The minimum absolute atomic E-state index is 0.655. The lowest BCUT2D eigenvalue weighted by Crippen LogP contribution is -2.26. The molecule has 0 aromatic heterocycles. The third-order valence-corrected chi connectivity index (χ3v) is 9.37. The van der Waals surface area contributed by atoms with Gasteiger partial charge in [0, 0.05) is 27.7 Å². The molecule has 2 aromatic carbocycles. The summed E-state index contributed by atoms with van der Waals surface area (Å²) in [6.45, 7) is 2.17. The number of allylic oxidation sites excluding steroid dienone is 4. The standard InChI is InChI=1S/C25H24S2/c1-15-2-4-16(5-3-15)6-9-19-14-18-8-11-21-22-20(23(21)25(18)27-19)10-7-17-12-13-26-24(17)22/h2-5,7-8,10-11,19-20,22H,6,9,12-14H2,1H3. The second-order valence-corrected chi connectivity index (χ2v) is 10.8. The molecule has 0 saturated heterocycles. The molecule has 0 spiro atoms. The minimum atomic E-state index is 0.655. The van der Waals surface area contributed by atoms with Gasteiger partial charge in [0.2, 0.25) is 0 Å². The van der Waals surface area contributed by atoms with Crippen molar-refractivity contribution in [3.8, 4) is 0 Å². The Bertz CT molecular complexity index is 980. The highest BCUT2D eigenvalue weighted by Gasteiger charge is 2.45. The number of aryl methyl sites for hydroxylation is 2. The van der Waals surface area contributed by atoms with Crippen LogP contribution >= 0.6 is 23.5 Å². The van der Waals surface area contributed by atoms with Crippen molar-refractivity contribution in [2.75, 3.05) is 5.75 Å². The van der Waals surface area contributed by atoms with Gasteiger partial charge >= 0.3 is 0 Å². The Labute approximate surface area is 170 Å². The molecule has 0 amide bonds. The smallest absolute Gasteiger partial charge is 0.0259 e. The fourth-order valence-electron chi connectivity index (χ4n) is 5.21. The summed E-state index contributed by atoms with van der Waals surface area (Å²) in [5.41, 5.74) is 9.38. The van der Waals surface area contributed by atoms with Gasteiger partial charge in [0.1, 0.15) is 0 Å². The molecule has 27 heavy (non-hydrogen) atoms. The maximum absolute atomic E-state index is 2.51. The first-order valence-electron chi connectivity index (χ1n) is 10.2. The van der Waals surface area contributed by atoms with Gasteiger partial charge in [0.25, 0.3) is 0 Å². The second kappa shape index (κ2) is 6.32. The SMILES string of the molecule is Cc1ccc(CCC2Cc3ccc4c(c3S2)C2C=CC3=C(SCC3)C42)cc1. The maximum atomic E-state index is 2.51. The highest BCUT2D eigenvalue weighted by molar-refractivity contribution is 8.03. The molecule has 136 valence electrons. The third kappa shape index (κ3) is 2.60. The zero-order chi connectivity index (χ0) is 18.0. The molecule has 2 aliphatic heterocycles. The lowest BCUT2D eigenvalue weighted by molar-refractivity contribution is 0.607. The molecule has 2 heterocycles. The number of hydrogen-bond acceptors (Lipinski definition) is 2. The van der Waals surface area contributed by atoms with Crippen molar-refractivity contribution in [2.45, 2.75) is 54.6 Å². The van der Waals surface area contributed by atoms with Crippen LogP contribution in [0.3, 0.4) is 0 Å². The molecule has 4 aliphatic rings. The van der Waals surface area contributed by atoms with Gasteiger partial charge in [-0.15, -0.1) is 23.5 Å². The van der Waals surface area contributed by atoms with Crippen molar-refractivity contribution in [3.05, 3.63) is 86.8 Å². The number of thioether (sulfide) groups is 2. The molecule has 2 heteroatoms. The van der Waals surface area contributed by atoms with Crippen LogP contribution in [0.4, 0.5) is 0 Å². The van der Waals surface area contributed by atoms with Crippen LogP contribution in [-0.2, 0) is 12.8 Å². The van der Waals surface area contributed by atoms with Gasteiger partial charge in [-0.3, -0.25) is 0 Å². The molecule has 0 saturated carbocycles. The van der Waals surface area contributed by atoms with E-state index in [0.29, 0.717) is 11.8 Å². The van der Waals surface area contributed by atoms with E-state index in [1.54, 1.807) is 32.1 Å². The predicted molar refractivity (Wildman–Crippen MR) is 118 cm³/mol. The van der Waals surface area contributed by atoms with Crippen LogP contribution in [0.15, 0.2) is 63.9 Å². The normalized spacial score (nSPS) is 27.1. The number of rotatable bonds is 3. The number of fused-ring (bicyclic) bond motifs is 7. The van der Waals surface area contributed by atoms with Crippen LogP contribution in [0.5, 0.6) is 0 Å². The number of hydrogen-bond donors (Lipinski definition) is 0. The van der Waals surface area contributed by atoms with E-state index < -0.39 is 0 Å². The van der Waals surface area contributed by atoms with Crippen LogP contribution in [0, 0.1) is 6.92 Å². The first-order valence-corrected chi connectivity index (χ1v) is 12.1.